The molecule has 0 unspecified atom stereocenters. The molecule has 134 valence electrons. The topological polar surface area (TPSA) is 83.7 Å². The fraction of sp³-hybridized carbons (Fsp3) is 0.412. The molecule has 2 aromatic rings. The van der Waals surface area contributed by atoms with E-state index in [9.17, 15) is 13.2 Å². The third-order valence-corrected chi connectivity index (χ3v) is 5.74. The van der Waals surface area contributed by atoms with Gasteiger partial charge in [0.15, 0.2) is 21.3 Å². The van der Waals surface area contributed by atoms with Crippen LogP contribution < -0.4 is 0 Å². The van der Waals surface area contributed by atoms with Crippen LogP contribution in [0.2, 0.25) is 0 Å². The van der Waals surface area contributed by atoms with Gasteiger partial charge in [-0.05, 0) is 12.6 Å². The number of sulfone groups is 1. The Balaban J connectivity index is 1.57. The van der Waals surface area contributed by atoms with Crippen LogP contribution in [-0.2, 0) is 22.9 Å². The van der Waals surface area contributed by atoms with E-state index in [1.54, 1.807) is 6.07 Å². The van der Waals surface area contributed by atoms with Crippen molar-refractivity contribution in [2.45, 2.75) is 13.1 Å². The second-order valence-corrected chi connectivity index (χ2v) is 8.58. The van der Waals surface area contributed by atoms with Gasteiger partial charge in [-0.2, -0.15) is 0 Å². The van der Waals surface area contributed by atoms with Crippen LogP contribution in [0.5, 0.6) is 0 Å². The molecule has 1 aliphatic rings. The molecule has 2 heterocycles. The fourth-order valence-corrected chi connectivity index (χ4v) is 3.98. The van der Waals surface area contributed by atoms with Gasteiger partial charge in [-0.25, -0.2) is 8.42 Å². The number of nitrogens with zero attached hydrogens (tertiary/aromatic N) is 3. The van der Waals surface area contributed by atoms with Crippen molar-refractivity contribution in [3.63, 3.8) is 0 Å². The summed E-state index contributed by atoms with van der Waals surface area (Å²) >= 11 is 0. The summed E-state index contributed by atoms with van der Waals surface area (Å²) in [5, 5.41) is 3.85. The Hall–Kier alpha value is -2.19. The summed E-state index contributed by atoms with van der Waals surface area (Å²) in [6.07, 6.45) is 0. The van der Waals surface area contributed by atoms with Crippen LogP contribution in [0.1, 0.15) is 21.8 Å². The SMILES string of the molecule is CN(Cc1ccccc1)Cc1cc(C(=O)N2CCS(=O)(=O)CC2)no1. The van der Waals surface area contributed by atoms with Gasteiger partial charge >= 0.3 is 0 Å². The summed E-state index contributed by atoms with van der Waals surface area (Å²) in [6, 6.07) is 11.7. The minimum atomic E-state index is -3.02. The molecule has 0 spiro atoms. The molecule has 0 bridgehead atoms. The van der Waals surface area contributed by atoms with E-state index >= 15 is 0 Å². The lowest BCUT2D eigenvalue weighted by atomic mass is 10.2. The van der Waals surface area contributed by atoms with Crippen LogP contribution >= 0.6 is 0 Å². The van der Waals surface area contributed by atoms with Crippen molar-refractivity contribution < 1.29 is 17.7 Å². The van der Waals surface area contributed by atoms with Crippen LogP contribution in [0.4, 0.5) is 0 Å². The lowest BCUT2D eigenvalue weighted by molar-refractivity contribution is 0.0759. The average molecular weight is 363 g/mol. The maximum atomic E-state index is 12.4. The molecule has 1 aromatic carbocycles. The zero-order valence-corrected chi connectivity index (χ0v) is 14.9. The summed E-state index contributed by atoms with van der Waals surface area (Å²) in [5.41, 5.74) is 1.41. The average Bonchev–Trinajstić information content (AvgIpc) is 3.03. The van der Waals surface area contributed by atoms with E-state index in [1.165, 1.54) is 10.5 Å². The Morgan fingerprint density at radius 1 is 1.20 bits per heavy atom. The molecule has 1 amide bonds. The molecule has 0 radical (unpaired) electrons. The van der Waals surface area contributed by atoms with E-state index in [-0.39, 0.29) is 36.2 Å². The van der Waals surface area contributed by atoms with Gasteiger partial charge in [0.25, 0.3) is 5.91 Å². The number of amides is 1. The van der Waals surface area contributed by atoms with Crippen LogP contribution in [0.3, 0.4) is 0 Å². The van der Waals surface area contributed by atoms with E-state index in [1.807, 2.05) is 25.2 Å². The van der Waals surface area contributed by atoms with Gasteiger partial charge in [-0.15, -0.1) is 0 Å². The van der Waals surface area contributed by atoms with Crippen molar-refractivity contribution in [3.05, 3.63) is 53.4 Å². The largest absolute Gasteiger partial charge is 0.359 e. The molecule has 1 aromatic heterocycles. The van der Waals surface area contributed by atoms with E-state index < -0.39 is 9.84 Å². The van der Waals surface area contributed by atoms with E-state index in [2.05, 4.69) is 22.2 Å². The Morgan fingerprint density at radius 3 is 2.56 bits per heavy atom. The number of aromatic nitrogens is 1. The Labute approximate surface area is 147 Å². The molecule has 7 nitrogen and oxygen atoms in total. The number of carbonyl (C=O) groups excluding carboxylic acids is 1. The standard InChI is InChI=1S/C17H21N3O4S/c1-19(12-14-5-3-2-4-6-14)13-15-11-16(18-24-15)17(21)20-7-9-25(22,23)10-8-20/h2-6,11H,7-10,12-13H2,1H3. The van der Waals surface area contributed by atoms with Gasteiger partial charge in [0.1, 0.15) is 0 Å². The molecule has 0 aliphatic carbocycles. The summed E-state index contributed by atoms with van der Waals surface area (Å²) in [5.74, 6) is 0.328. The Morgan fingerprint density at radius 2 is 1.88 bits per heavy atom. The minimum absolute atomic E-state index is 0.00324. The Kier molecular flexibility index (Phi) is 5.19. The highest BCUT2D eigenvalue weighted by Gasteiger charge is 2.27. The van der Waals surface area contributed by atoms with Crippen molar-refractivity contribution in [3.8, 4) is 0 Å². The number of hydrogen-bond donors (Lipinski definition) is 0. The molecule has 0 saturated carbocycles. The molecule has 1 fully saturated rings. The predicted molar refractivity (Wildman–Crippen MR) is 92.7 cm³/mol. The second-order valence-electron chi connectivity index (χ2n) is 6.28. The first-order valence-electron chi connectivity index (χ1n) is 8.11. The molecule has 8 heteroatoms. The van der Waals surface area contributed by atoms with Crippen LogP contribution in [-0.4, -0.2) is 60.9 Å². The smallest absolute Gasteiger partial charge is 0.276 e. The van der Waals surface area contributed by atoms with E-state index in [0.717, 1.165) is 6.54 Å². The monoisotopic (exact) mass is 363 g/mol. The van der Waals surface area contributed by atoms with Crippen molar-refractivity contribution in [2.75, 3.05) is 31.6 Å². The van der Waals surface area contributed by atoms with Crippen molar-refractivity contribution in [2.24, 2.45) is 0 Å². The van der Waals surface area contributed by atoms with E-state index in [4.69, 9.17) is 4.52 Å². The molecule has 1 aliphatic heterocycles. The summed E-state index contributed by atoms with van der Waals surface area (Å²) in [6.45, 7) is 1.70. The molecule has 0 atom stereocenters. The second kappa shape index (κ2) is 7.37. The molecule has 25 heavy (non-hydrogen) atoms. The number of rotatable bonds is 5. The first kappa shape index (κ1) is 17.6. The third kappa shape index (κ3) is 4.67. The first-order chi connectivity index (χ1) is 11.9. The lowest BCUT2D eigenvalue weighted by Crippen LogP contribution is -2.43. The molecule has 3 rings (SSSR count). The van der Waals surface area contributed by atoms with Gasteiger partial charge in [0, 0.05) is 25.7 Å². The number of carbonyl (C=O) groups is 1. The highest BCUT2D eigenvalue weighted by atomic mass is 32.2. The maximum Gasteiger partial charge on any atom is 0.276 e. The highest BCUT2D eigenvalue weighted by molar-refractivity contribution is 7.91. The van der Waals surface area contributed by atoms with Crippen LogP contribution in [0, 0.1) is 0 Å². The third-order valence-electron chi connectivity index (χ3n) is 4.13. The molecular formula is C17H21N3O4S. The minimum Gasteiger partial charge on any atom is -0.359 e. The summed E-state index contributed by atoms with van der Waals surface area (Å²) < 4.78 is 28.2. The number of benzene rings is 1. The van der Waals surface area contributed by atoms with Crippen molar-refractivity contribution in [1.82, 2.24) is 15.0 Å². The quantitative estimate of drug-likeness (QED) is 0.793. The Bertz CT molecular complexity index is 819. The van der Waals surface area contributed by atoms with Gasteiger partial charge in [0.2, 0.25) is 0 Å². The van der Waals surface area contributed by atoms with Gasteiger partial charge < -0.3 is 9.42 Å². The zero-order valence-electron chi connectivity index (χ0n) is 14.1. The highest BCUT2D eigenvalue weighted by Crippen LogP contribution is 2.13. The molecule has 0 N–H and O–H groups in total. The van der Waals surface area contributed by atoms with Crippen LogP contribution in [0.25, 0.3) is 0 Å². The normalized spacial score (nSPS) is 17.0. The molecular weight excluding hydrogens is 342 g/mol. The predicted octanol–water partition coefficient (Wildman–Crippen LogP) is 1.18. The van der Waals surface area contributed by atoms with Crippen molar-refractivity contribution in [1.29, 1.82) is 0 Å². The number of hydrogen-bond acceptors (Lipinski definition) is 6. The van der Waals surface area contributed by atoms with Gasteiger partial charge in [0.05, 0.1) is 18.1 Å². The van der Waals surface area contributed by atoms with Gasteiger partial charge in [-0.3, -0.25) is 9.69 Å². The summed E-state index contributed by atoms with van der Waals surface area (Å²) in [7, 11) is -1.05. The zero-order chi connectivity index (χ0) is 17.9. The summed E-state index contributed by atoms with van der Waals surface area (Å²) in [4.78, 5) is 16.0. The lowest BCUT2D eigenvalue weighted by Gasteiger charge is -2.25. The van der Waals surface area contributed by atoms with Gasteiger partial charge in [-0.1, -0.05) is 35.5 Å². The molecule has 1 saturated heterocycles. The van der Waals surface area contributed by atoms with E-state index in [0.29, 0.717) is 12.3 Å². The van der Waals surface area contributed by atoms with Crippen LogP contribution in [0.15, 0.2) is 40.9 Å². The van der Waals surface area contributed by atoms with Crippen molar-refractivity contribution >= 4 is 15.7 Å². The first-order valence-corrected chi connectivity index (χ1v) is 9.93. The fourth-order valence-electron chi connectivity index (χ4n) is 2.78. The maximum absolute atomic E-state index is 12.4.